The highest BCUT2D eigenvalue weighted by atomic mass is 16.3. The van der Waals surface area contributed by atoms with Gasteiger partial charge in [0, 0.05) is 22.2 Å². The van der Waals surface area contributed by atoms with Crippen LogP contribution in [0.15, 0.2) is 103 Å². The monoisotopic (exact) mass is 552 g/mol. The minimum atomic E-state index is 0.105. The Labute approximate surface area is 247 Å². The van der Waals surface area contributed by atoms with Crippen molar-refractivity contribution in [2.24, 2.45) is 0 Å². The minimum absolute atomic E-state index is 0.105. The van der Waals surface area contributed by atoms with Gasteiger partial charge in [-0.25, -0.2) is 9.97 Å². The highest BCUT2D eigenvalue weighted by molar-refractivity contribution is 5.85. The average Bonchev–Trinajstić information content (AvgIpc) is 2.99. The Morgan fingerprint density at radius 3 is 1.50 bits per heavy atom. The summed E-state index contributed by atoms with van der Waals surface area (Å²) in [6, 6.07) is 35.0. The van der Waals surface area contributed by atoms with E-state index in [9.17, 15) is 10.2 Å². The van der Waals surface area contributed by atoms with E-state index >= 15 is 0 Å². The standard InChI is InChI=1S/C38H36N2O2/c1-38(2,3)31-16-12-27(13-17-31)30-23-25(10-18-32-20-14-28-6-4-8-34(41)36(28)39-32)22-26(24-30)11-19-33-21-15-29-7-5-9-35(42)37(29)40-33/h4-9,12-17,20-24,41-42H,10-11,18-19H2,1-3H3. The minimum Gasteiger partial charge on any atom is -0.506 e. The van der Waals surface area contributed by atoms with E-state index in [1.807, 2.05) is 36.4 Å². The van der Waals surface area contributed by atoms with Gasteiger partial charge in [-0.1, -0.05) is 99.6 Å². The molecule has 4 heteroatoms. The second kappa shape index (κ2) is 11.3. The molecule has 0 saturated heterocycles. The van der Waals surface area contributed by atoms with Gasteiger partial charge >= 0.3 is 0 Å². The average molecular weight is 553 g/mol. The predicted molar refractivity (Wildman–Crippen MR) is 172 cm³/mol. The molecule has 0 saturated carbocycles. The zero-order valence-corrected chi connectivity index (χ0v) is 24.4. The second-order valence-electron chi connectivity index (χ2n) is 12.2. The molecular formula is C38H36N2O2. The van der Waals surface area contributed by atoms with Gasteiger partial charge in [-0.2, -0.15) is 0 Å². The lowest BCUT2D eigenvalue weighted by Crippen LogP contribution is -2.10. The van der Waals surface area contributed by atoms with Gasteiger partial charge in [0.05, 0.1) is 0 Å². The maximum atomic E-state index is 10.3. The van der Waals surface area contributed by atoms with Crippen LogP contribution in [0.4, 0.5) is 0 Å². The van der Waals surface area contributed by atoms with Crippen molar-refractivity contribution in [2.45, 2.75) is 51.9 Å². The Hall–Kier alpha value is -4.70. The molecular weight excluding hydrogens is 516 g/mol. The third-order valence-corrected chi connectivity index (χ3v) is 7.99. The van der Waals surface area contributed by atoms with Gasteiger partial charge in [0.15, 0.2) is 0 Å². The molecule has 6 aromatic rings. The smallest absolute Gasteiger partial charge is 0.141 e. The number of rotatable bonds is 7. The van der Waals surface area contributed by atoms with E-state index in [0.717, 1.165) is 47.8 Å². The number of pyridine rings is 2. The fraction of sp³-hybridized carbons (Fsp3) is 0.211. The number of phenols is 2. The van der Waals surface area contributed by atoms with E-state index in [0.29, 0.717) is 11.0 Å². The van der Waals surface area contributed by atoms with Gasteiger partial charge in [-0.05, 0) is 83.2 Å². The van der Waals surface area contributed by atoms with Crippen LogP contribution in [-0.2, 0) is 31.1 Å². The van der Waals surface area contributed by atoms with Gasteiger partial charge in [0.25, 0.3) is 0 Å². The van der Waals surface area contributed by atoms with Crippen LogP contribution < -0.4 is 0 Å². The number of benzene rings is 4. The quantitative estimate of drug-likeness (QED) is 0.208. The lowest BCUT2D eigenvalue weighted by atomic mass is 9.86. The van der Waals surface area contributed by atoms with Crippen molar-refractivity contribution in [1.29, 1.82) is 0 Å². The van der Waals surface area contributed by atoms with E-state index < -0.39 is 0 Å². The summed E-state index contributed by atoms with van der Waals surface area (Å²) in [5, 5.41) is 22.5. The number of nitrogens with zero attached hydrogens (tertiary/aromatic N) is 2. The van der Waals surface area contributed by atoms with Gasteiger partial charge in [-0.3, -0.25) is 0 Å². The van der Waals surface area contributed by atoms with Crippen molar-refractivity contribution < 1.29 is 10.2 Å². The number of aromatic nitrogens is 2. The predicted octanol–water partition coefficient (Wildman–Crippen LogP) is 8.73. The summed E-state index contributed by atoms with van der Waals surface area (Å²) in [5.74, 6) is 0.431. The van der Waals surface area contributed by atoms with Crippen LogP contribution in [0, 0.1) is 0 Å². The van der Waals surface area contributed by atoms with Crippen LogP contribution in [0.25, 0.3) is 32.9 Å². The molecule has 6 rings (SSSR count). The molecule has 2 aromatic heterocycles. The largest absolute Gasteiger partial charge is 0.506 e. The maximum absolute atomic E-state index is 10.3. The highest BCUT2D eigenvalue weighted by Crippen LogP contribution is 2.29. The van der Waals surface area contributed by atoms with Crippen LogP contribution in [0.2, 0.25) is 0 Å². The molecule has 0 aliphatic carbocycles. The lowest BCUT2D eigenvalue weighted by Gasteiger charge is -2.19. The zero-order valence-electron chi connectivity index (χ0n) is 24.4. The van der Waals surface area contributed by atoms with Gasteiger partial charge in [-0.15, -0.1) is 0 Å². The van der Waals surface area contributed by atoms with Crippen molar-refractivity contribution >= 4 is 21.8 Å². The van der Waals surface area contributed by atoms with Gasteiger partial charge in [0.1, 0.15) is 22.5 Å². The van der Waals surface area contributed by atoms with E-state index in [-0.39, 0.29) is 16.9 Å². The van der Waals surface area contributed by atoms with Crippen LogP contribution in [-0.4, -0.2) is 20.2 Å². The molecule has 0 radical (unpaired) electrons. The molecule has 0 bridgehead atoms. The summed E-state index contributed by atoms with van der Waals surface area (Å²) >= 11 is 0. The fourth-order valence-corrected chi connectivity index (χ4v) is 5.55. The van der Waals surface area contributed by atoms with Crippen LogP contribution in [0.1, 0.15) is 48.8 Å². The topological polar surface area (TPSA) is 66.2 Å². The fourth-order valence-electron chi connectivity index (χ4n) is 5.55. The zero-order chi connectivity index (χ0) is 29.3. The Balaban J connectivity index is 1.29. The molecule has 210 valence electrons. The van der Waals surface area contributed by atoms with Crippen LogP contribution >= 0.6 is 0 Å². The third-order valence-electron chi connectivity index (χ3n) is 7.99. The SMILES string of the molecule is CC(C)(C)c1ccc(-c2cc(CCc3ccc4cccc(O)c4n3)cc(CCc3ccc4cccc(O)c4n3)c2)cc1. The summed E-state index contributed by atoms with van der Waals surface area (Å²) in [6.07, 6.45) is 3.24. The van der Waals surface area contributed by atoms with E-state index in [2.05, 4.69) is 75.4 Å². The summed E-state index contributed by atoms with van der Waals surface area (Å²) in [7, 11) is 0. The number of fused-ring (bicyclic) bond motifs is 2. The van der Waals surface area contributed by atoms with Crippen LogP contribution in [0.3, 0.4) is 0 Å². The molecule has 0 fully saturated rings. The van der Waals surface area contributed by atoms with Gasteiger partial charge < -0.3 is 10.2 Å². The van der Waals surface area contributed by atoms with Crippen molar-refractivity contribution in [3.05, 3.63) is 131 Å². The Bertz CT molecular complexity index is 1780. The maximum Gasteiger partial charge on any atom is 0.141 e. The first-order valence-electron chi connectivity index (χ1n) is 14.6. The summed E-state index contributed by atoms with van der Waals surface area (Å²) in [6.45, 7) is 6.71. The molecule has 0 atom stereocenters. The van der Waals surface area contributed by atoms with Crippen molar-refractivity contribution in [3.8, 4) is 22.6 Å². The number of para-hydroxylation sites is 2. The molecule has 2 N–H and O–H groups in total. The molecule has 0 aliphatic rings. The first kappa shape index (κ1) is 27.5. The summed E-state index contributed by atoms with van der Waals surface area (Å²) < 4.78 is 0. The number of hydrogen-bond acceptors (Lipinski definition) is 4. The van der Waals surface area contributed by atoms with E-state index in [1.165, 1.54) is 27.8 Å². The number of aromatic hydroxyl groups is 2. The van der Waals surface area contributed by atoms with Crippen molar-refractivity contribution in [2.75, 3.05) is 0 Å². The second-order valence-corrected chi connectivity index (χ2v) is 12.2. The Morgan fingerprint density at radius 2 is 1.02 bits per heavy atom. The van der Waals surface area contributed by atoms with Gasteiger partial charge in [0.2, 0.25) is 0 Å². The number of aryl methyl sites for hydroxylation is 4. The van der Waals surface area contributed by atoms with E-state index in [1.54, 1.807) is 12.1 Å². The molecule has 0 spiro atoms. The molecule has 2 heterocycles. The first-order valence-corrected chi connectivity index (χ1v) is 14.6. The van der Waals surface area contributed by atoms with Crippen LogP contribution in [0.5, 0.6) is 11.5 Å². The molecule has 42 heavy (non-hydrogen) atoms. The molecule has 0 aliphatic heterocycles. The summed E-state index contributed by atoms with van der Waals surface area (Å²) in [5.41, 5.74) is 9.57. The third kappa shape index (κ3) is 5.99. The van der Waals surface area contributed by atoms with Crippen molar-refractivity contribution in [1.82, 2.24) is 9.97 Å². The lowest BCUT2D eigenvalue weighted by molar-refractivity contribution is 0.479. The molecule has 0 unspecified atom stereocenters. The highest BCUT2D eigenvalue weighted by Gasteiger charge is 2.14. The van der Waals surface area contributed by atoms with Crippen molar-refractivity contribution in [3.63, 3.8) is 0 Å². The summed E-state index contributed by atoms with van der Waals surface area (Å²) in [4.78, 5) is 9.51. The molecule has 0 amide bonds. The first-order chi connectivity index (χ1) is 20.2. The Kier molecular flexibility index (Phi) is 7.38. The molecule has 4 aromatic carbocycles. The molecule has 4 nitrogen and oxygen atoms in total. The normalized spacial score (nSPS) is 11.8. The number of hydrogen-bond donors (Lipinski definition) is 2. The Morgan fingerprint density at radius 1 is 0.524 bits per heavy atom. The number of phenolic OH excluding ortho intramolecular Hbond substituents is 2. The van der Waals surface area contributed by atoms with E-state index in [4.69, 9.17) is 9.97 Å².